The van der Waals surface area contributed by atoms with E-state index in [-0.39, 0.29) is 23.1 Å². The number of H-pyrrole nitrogens is 1. The number of hydrogen-bond donors (Lipinski definition) is 2. The van der Waals surface area contributed by atoms with Gasteiger partial charge in [0.2, 0.25) is 0 Å². The molecule has 2 aromatic heterocycles. The molecule has 0 aliphatic carbocycles. The Kier molecular flexibility index (Phi) is 6.94. The number of ether oxygens (including phenoxy) is 2. The predicted octanol–water partition coefficient (Wildman–Crippen LogP) is 5.26. The first kappa shape index (κ1) is 26.2. The minimum atomic E-state index is -0.714. The van der Waals surface area contributed by atoms with Gasteiger partial charge in [0.15, 0.2) is 17.3 Å². The van der Waals surface area contributed by atoms with Crippen LogP contribution in [0.4, 0.5) is 20.2 Å². The number of morpholine rings is 1. The Morgan fingerprint density at radius 1 is 1.10 bits per heavy atom. The molecule has 41 heavy (non-hydrogen) atoms. The monoisotopic (exact) mass is 557 g/mol. The first-order chi connectivity index (χ1) is 19.9. The minimum Gasteiger partial charge on any atom is -0.452 e. The Hall–Kier alpha value is -5.03. The lowest BCUT2D eigenvalue weighted by molar-refractivity contribution is 0.0531. The molecule has 5 aromatic rings. The molecule has 2 N–H and O–H groups in total. The quantitative estimate of drug-likeness (QED) is 0.295. The van der Waals surface area contributed by atoms with Crippen molar-refractivity contribution in [3.8, 4) is 17.2 Å². The SMILES string of the molecule is C[C@@H]1CN(c2cc3[nH]ncc3cc2Oc2ccc(NC(=O)c3cccn(-c4ccc(F)cc4)c3=O)cc2F)CCO1. The molecule has 0 unspecified atom stereocenters. The summed E-state index contributed by atoms with van der Waals surface area (Å²) in [6.07, 6.45) is 3.17. The number of aromatic nitrogens is 3. The number of nitrogens with zero attached hydrogens (tertiary/aromatic N) is 3. The smallest absolute Gasteiger partial charge is 0.267 e. The van der Waals surface area contributed by atoms with Gasteiger partial charge in [-0.1, -0.05) is 0 Å². The van der Waals surface area contributed by atoms with Crippen molar-refractivity contribution >= 4 is 28.2 Å². The molecular weight excluding hydrogens is 532 g/mol. The summed E-state index contributed by atoms with van der Waals surface area (Å²) in [5.41, 5.74) is 1.38. The Labute approximate surface area is 232 Å². The van der Waals surface area contributed by atoms with Crippen LogP contribution in [0.15, 0.2) is 83.9 Å². The molecule has 6 rings (SSSR count). The van der Waals surface area contributed by atoms with Crippen LogP contribution in [0, 0.1) is 11.6 Å². The summed E-state index contributed by atoms with van der Waals surface area (Å²) < 4.78 is 41.5. The van der Waals surface area contributed by atoms with Crippen LogP contribution in [-0.4, -0.2) is 46.5 Å². The normalized spacial score (nSPS) is 15.2. The number of anilines is 2. The van der Waals surface area contributed by atoms with E-state index >= 15 is 4.39 Å². The summed E-state index contributed by atoms with van der Waals surface area (Å²) in [5, 5.41) is 10.4. The van der Waals surface area contributed by atoms with Gasteiger partial charge in [0, 0.05) is 42.1 Å². The highest BCUT2D eigenvalue weighted by Gasteiger charge is 2.22. The predicted molar refractivity (Wildman–Crippen MR) is 150 cm³/mol. The zero-order valence-electron chi connectivity index (χ0n) is 21.9. The molecule has 3 aromatic carbocycles. The molecule has 1 saturated heterocycles. The number of amides is 1. The lowest BCUT2D eigenvalue weighted by atomic mass is 10.1. The van der Waals surface area contributed by atoms with Crippen molar-refractivity contribution < 1.29 is 23.0 Å². The molecule has 208 valence electrons. The Morgan fingerprint density at radius 3 is 2.71 bits per heavy atom. The second-order valence-electron chi connectivity index (χ2n) is 9.68. The average Bonchev–Trinajstić information content (AvgIpc) is 3.42. The Morgan fingerprint density at radius 2 is 1.93 bits per heavy atom. The molecular formula is C30H25F2N5O4. The van der Waals surface area contributed by atoms with Crippen molar-refractivity contribution in [2.75, 3.05) is 29.9 Å². The minimum absolute atomic E-state index is 0.0260. The highest BCUT2D eigenvalue weighted by Crippen LogP contribution is 2.38. The fourth-order valence-electron chi connectivity index (χ4n) is 4.78. The third-order valence-corrected chi connectivity index (χ3v) is 6.81. The number of fused-ring (bicyclic) bond motifs is 1. The van der Waals surface area contributed by atoms with Crippen molar-refractivity contribution in [1.82, 2.24) is 14.8 Å². The number of rotatable bonds is 6. The molecule has 11 heteroatoms. The number of aromatic amines is 1. The molecule has 1 aliphatic heterocycles. The van der Waals surface area contributed by atoms with Crippen LogP contribution < -0.4 is 20.5 Å². The van der Waals surface area contributed by atoms with E-state index in [1.807, 2.05) is 13.0 Å². The van der Waals surface area contributed by atoms with Crippen LogP contribution in [0.1, 0.15) is 17.3 Å². The maximum Gasteiger partial charge on any atom is 0.267 e. The molecule has 1 amide bonds. The Bertz CT molecular complexity index is 1800. The molecule has 0 bridgehead atoms. The largest absolute Gasteiger partial charge is 0.452 e. The zero-order valence-corrected chi connectivity index (χ0v) is 21.9. The summed E-state index contributed by atoms with van der Waals surface area (Å²) in [4.78, 5) is 28.0. The maximum atomic E-state index is 15.3. The van der Waals surface area contributed by atoms with Gasteiger partial charge in [0.25, 0.3) is 11.5 Å². The maximum absolute atomic E-state index is 15.3. The van der Waals surface area contributed by atoms with Crippen LogP contribution in [0.3, 0.4) is 0 Å². The van der Waals surface area contributed by atoms with E-state index in [9.17, 15) is 14.0 Å². The number of hydrogen-bond acceptors (Lipinski definition) is 6. The van der Waals surface area contributed by atoms with Crippen molar-refractivity contribution in [2.45, 2.75) is 13.0 Å². The number of carbonyl (C=O) groups excluding carboxylic acids is 1. The van der Waals surface area contributed by atoms with E-state index in [2.05, 4.69) is 20.4 Å². The molecule has 1 aliphatic rings. The number of nitrogens with one attached hydrogen (secondary N) is 2. The van der Waals surface area contributed by atoms with Crippen molar-refractivity contribution in [3.05, 3.63) is 107 Å². The number of pyridine rings is 1. The standard InChI is InChI=1S/C30H25F2N5O4/c1-18-17-36(11-12-40-18)26-15-25-19(16-33-35-25)13-28(26)41-27-9-6-21(14-24(27)32)34-29(38)23-3-2-10-37(30(23)39)22-7-4-20(31)5-8-22/h2-10,13-16,18H,11-12,17H2,1H3,(H,33,35)(H,34,38)/t18-/m1/s1. The molecule has 1 atom stereocenters. The van der Waals surface area contributed by atoms with Gasteiger partial charge in [0.1, 0.15) is 11.4 Å². The van der Waals surface area contributed by atoms with Crippen LogP contribution in [0.25, 0.3) is 16.6 Å². The molecule has 9 nitrogen and oxygen atoms in total. The summed E-state index contributed by atoms with van der Waals surface area (Å²) >= 11 is 0. The summed E-state index contributed by atoms with van der Waals surface area (Å²) in [5.74, 6) is -1.44. The highest BCUT2D eigenvalue weighted by molar-refractivity contribution is 6.04. The third kappa shape index (κ3) is 5.39. The molecule has 0 radical (unpaired) electrons. The number of benzene rings is 3. The van der Waals surface area contributed by atoms with Crippen LogP contribution in [-0.2, 0) is 4.74 Å². The summed E-state index contributed by atoms with van der Waals surface area (Å²) in [6, 6.07) is 15.9. The van der Waals surface area contributed by atoms with E-state index in [4.69, 9.17) is 9.47 Å². The highest BCUT2D eigenvalue weighted by atomic mass is 19.1. The van der Waals surface area contributed by atoms with Crippen LogP contribution in [0.2, 0.25) is 0 Å². The Balaban J connectivity index is 1.24. The topological polar surface area (TPSA) is 101 Å². The van der Waals surface area contributed by atoms with Crippen molar-refractivity contribution in [3.63, 3.8) is 0 Å². The van der Waals surface area contributed by atoms with Gasteiger partial charge in [-0.3, -0.25) is 19.3 Å². The second-order valence-corrected chi connectivity index (χ2v) is 9.68. The van der Waals surface area contributed by atoms with Gasteiger partial charge < -0.3 is 19.7 Å². The van der Waals surface area contributed by atoms with Gasteiger partial charge in [-0.15, -0.1) is 0 Å². The van der Waals surface area contributed by atoms with E-state index in [0.717, 1.165) is 22.7 Å². The van der Waals surface area contributed by atoms with Gasteiger partial charge in [-0.2, -0.15) is 5.10 Å². The zero-order chi connectivity index (χ0) is 28.5. The first-order valence-electron chi connectivity index (χ1n) is 13.0. The third-order valence-electron chi connectivity index (χ3n) is 6.81. The van der Waals surface area contributed by atoms with Gasteiger partial charge in [-0.25, -0.2) is 8.78 Å². The number of carbonyl (C=O) groups is 1. The fraction of sp³-hybridized carbons (Fsp3) is 0.167. The van der Waals surface area contributed by atoms with Gasteiger partial charge >= 0.3 is 0 Å². The van der Waals surface area contributed by atoms with Gasteiger partial charge in [0.05, 0.1) is 30.1 Å². The second kappa shape index (κ2) is 10.9. The van der Waals surface area contributed by atoms with E-state index in [1.54, 1.807) is 12.3 Å². The lowest BCUT2D eigenvalue weighted by Crippen LogP contribution is -2.41. The van der Waals surface area contributed by atoms with E-state index in [1.165, 1.54) is 59.3 Å². The van der Waals surface area contributed by atoms with Crippen molar-refractivity contribution in [2.24, 2.45) is 0 Å². The summed E-state index contributed by atoms with van der Waals surface area (Å²) in [7, 11) is 0. The van der Waals surface area contributed by atoms with Crippen molar-refractivity contribution in [1.29, 1.82) is 0 Å². The average molecular weight is 558 g/mol. The van der Waals surface area contributed by atoms with E-state index < -0.39 is 23.1 Å². The molecule has 3 heterocycles. The molecule has 1 fully saturated rings. The fourth-order valence-corrected chi connectivity index (χ4v) is 4.78. The van der Waals surface area contributed by atoms with Crippen LogP contribution >= 0.6 is 0 Å². The number of halogens is 2. The summed E-state index contributed by atoms with van der Waals surface area (Å²) in [6.45, 7) is 3.84. The lowest BCUT2D eigenvalue weighted by Gasteiger charge is -2.33. The molecule has 0 saturated carbocycles. The van der Waals surface area contributed by atoms with Crippen LogP contribution in [0.5, 0.6) is 11.5 Å². The van der Waals surface area contributed by atoms with Gasteiger partial charge in [-0.05, 0) is 67.6 Å². The molecule has 0 spiro atoms. The van der Waals surface area contributed by atoms with E-state index in [0.29, 0.717) is 31.1 Å². The first-order valence-corrected chi connectivity index (χ1v) is 13.0.